The van der Waals surface area contributed by atoms with E-state index in [1.807, 2.05) is 30.3 Å². The highest BCUT2D eigenvalue weighted by molar-refractivity contribution is 9.10. The van der Waals surface area contributed by atoms with Crippen LogP contribution < -0.4 is 10.9 Å². The van der Waals surface area contributed by atoms with Crippen LogP contribution in [0.3, 0.4) is 0 Å². The van der Waals surface area contributed by atoms with Gasteiger partial charge in [0, 0.05) is 0 Å². The summed E-state index contributed by atoms with van der Waals surface area (Å²) in [6.45, 7) is -0.0458. The molecular formula is C13H14BrN3O2. The maximum Gasteiger partial charge on any atom is 0.267 e. The minimum atomic E-state index is -0.256. The van der Waals surface area contributed by atoms with Gasteiger partial charge in [0.1, 0.15) is 10.3 Å². The Labute approximate surface area is 118 Å². The minimum Gasteiger partial charge on any atom is -0.394 e. The Kier molecular flexibility index (Phi) is 4.70. The molecule has 0 aliphatic carbocycles. The number of aromatic amines is 1. The molecule has 1 unspecified atom stereocenters. The Morgan fingerprint density at radius 3 is 2.79 bits per heavy atom. The smallest absolute Gasteiger partial charge is 0.267 e. The number of aliphatic hydroxyl groups is 1. The number of aliphatic hydroxyl groups excluding tert-OH is 1. The first-order valence-electron chi connectivity index (χ1n) is 5.85. The highest BCUT2D eigenvalue weighted by atomic mass is 79.9. The number of nitrogens with one attached hydrogen (secondary N) is 2. The highest BCUT2D eigenvalue weighted by Crippen LogP contribution is 2.15. The van der Waals surface area contributed by atoms with Crippen molar-refractivity contribution in [2.45, 2.75) is 12.5 Å². The fourth-order valence-corrected chi connectivity index (χ4v) is 2.07. The van der Waals surface area contributed by atoms with Crippen molar-refractivity contribution in [2.24, 2.45) is 0 Å². The van der Waals surface area contributed by atoms with Crippen molar-refractivity contribution in [3.63, 3.8) is 0 Å². The number of rotatable bonds is 5. The second-order valence-electron chi connectivity index (χ2n) is 4.11. The van der Waals surface area contributed by atoms with Gasteiger partial charge in [-0.05, 0) is 27.9 Å². The number of halogens is 1. The summed E-state index contributed by atoms with van der Waals surface area (Å²) in [5.74, 6) is 0.429. The van der Waals surface area contributed by atoms with Gasteiger partial charge in [0.2, 0.25) is 0 Å². The molecular weight excluding hydrogens is 310 g/mol. The molecule has 100 valence electrons. The molecule has 0 fully saturated rings. The van der Waals surface area contributed by atoms with Gasteiger partial charge in [0.05, 0.1) is 19.0 Å². The maximum absolute atomic E-state index is 11.4. The zero-order chi connectivity index (χ0) is 13.7. The quantitative estimate of drug-likeness (QED) is 0.780. The third kappa shape index (κ3) is 3.65. The van der Waals surface area contributed by atoms with Crippen LogP contribution in [0.1, 0.15) is 5.56 Å². The molecule has 0 radical (unpaired) electrons. The number of nitrogens with zero attached hydrogens (tertiary/aromatic N) is 1. The molecule has 3 N–H and O–H groups in total. The van der Waals surface area contributed by atoms with E-state index in [1.165, 1.54) is 6.33 Å². The summed E-state index contributed by atoms with van der Waals surface area (Å²) in [4.78, 5) is 17.9. The molecule has 19 heavy (non-hydrogen) atoms. The summed E-state index contributed by atoms with van der Waals surface area (Å²) in [6.07, 6.45) is 1.98. The predicted molar refractivity (Wildman–Crippen MR) is 77.2 cm³/mol. The van der Waals surface area contributed by atoms with Crippen LogP contribution >= 0.6 is 15.9 Å². The van der Waals surface area contributed by atoms with E-state index in [9.17, 15) is 9.90 Å². The van der Waals surface area contributed by atoms with Crippen LogP contribution in [-0.2, 0) is 6.42 Å². The summed E-state index contributed by atoms with van der Waals surface area (Å²) in [5, 5.41) is 12.5. The predicted octanol–water partition coefficient (Wildman–Crippen LogP) is 1.55. The first-order valence-corrected chi connectivity index (χ1v) is 6.64. The molecule has 1 aromatic heterocycles. The van der Waals surface area contributed by atoms with E-state index in [2.05, 4.69) is 31.2 Å². The van der Waals surface area contributed by atoms with Gasteiger partial charge in [0.15, 0.2) is 0 Å². The number of H-pyrrole nitrogens is 1. The van der Waals surface area contributed by atoms with Crippen LogP contribution in [0.5, 0.6) is 0 Å². The van der Waals surface area contributed by atoms with E-state index in [0.29, 0.717) is 16.7 Å². The Hall–Kier alpha value is -1.66. The van der Waals surface area contributed by atoms with E-state index < -0.39 is 0 Å². The molecule has 5 nitrogen and oxygen atoms in total. The van der Waals surface area contributed by atoms with Gasteiger partial charge in [-0.1, -0.05) is 30.3 Å². The molecule has 0 amide bonds. The lowest BCUT2D eigenvalue weighted by Crippen LogP contribution is -2.28. The molecule has 0 saturated carbocycles. The molecule has 0 aliphatic heterocycles. The molecule has 0 bridgehead atoms. The zero-order valence-corrected chi connectivity index (χ0v) is 11.7. The molecule has 2 rings (SSSR count). The number of benzene rings is 1. The average molecular weight is 324 g/mol. The summed E-state index contributed by atoms with van der Waals surface area (Å²) >= 11 is 3.17. The van der Waals surface area contributed by atoms with E-state index in [0.717, 1.165) is 5.56 Å². The van der Waals surface area contributed by atoms with Gasteiger partial charge >= 0.3 is 0 Å². The third-order valence-electron chi connectivity index (χ3n) is 2.68. The lowest BCUT2D eigenvalue weighted by molar-refractivity contribution is 0.273. The van der Waals surface area contributed by atoms with Gasteiger partial charge < -0.3 is 15.4 Å². The van der Waals surface area contributed by atoms with Gasteiger partial charge in [-0.25, -0.2) is 4.98 Å². The molecule has 1 aromatic carbocycles. The average Bonchev–Trinajstić information content (AvgIpc) is 2.44. The Morgan fingerprint density at radius 1 is 1.37 bits per heavy atom. The Balaban J connectivity index is 2.11. The van der Waals surface area contributed by atoms with Crippen LogP contribution in [0.4, 0.5) is 5.82 Å². The van der Waals surface area contributed by atoms with Gasteiger partial charge in [0.25, 0.3) is 5.56 Å². The van der Waals surface area contributed by atoms with Crippen molar-refractivity contribution in [3.05, 3.63) is 57.0 Å². The molecule has 2 aromatic rings. The summed E-state index contributed by atoms with van der Waals surface area (Å²) in [5.41, 5.74) is 0.851. The molecule has 1 atom stereocenters. The monoisotopic (exact) mass is 323 g/mol. The summed E-state index contributed by atoms with van der Waals surface area (Å²) < 4.78 is 0.335. The Bertz CT molecular complexity index is 586. The van der Waals surface area contributed by atoms with Crippen molar-refractivity contribution in [1.29, 1.82) is 0 Å². The van der Waals surface area contributed by atoms with Crippen LogP contribution in [0.25, 0.3) is 0 Å². The molecule has 0 aliphatic rings. The van der Waals surface area contributed by atoms with E-state index in [-0.39, 0.29) is 18.2 Å². The van der Waals surface area contributed by atoms with Crippen molar-refractivity contribution in [3.8, 4) is 0 Å². The second-order valence-corrected chi connectivity index (χ2v) is 4.90. The first-order chi connectivity index (χ1) is 9.20. The van der Waals surface area contributed by atoms with Crippen LogP contribution in [-0.4, -0.2) is 27.7 Å². The Morgan fingerprint density at radius 2 is 2.11 bits per heavy atom. The normalized spacial score (nSPS) is 12.1. The lowest BCUT2D eigenvalue weighted by atomic mass is 10.1. The molecule has 0 spiro atoms. The maximum atomic E-state index is 11.4. The number of hydrogen-bond acceptors (Lipinski definition) is 4. The first kappa shape index (κ1) is 13.8. The van der Waals surface area contributed by atoms with Gasteiger partial charge in [-0.15, -0.1) is 0 Å². The second kappa shape index (κ2) is 6.49. The van der Waals surface area contributed by atoms with Crippen LogP contribution in [0, 0.1) is 0 Å². The fraction of sp³-hybridized carbons (Fsp3) is 0.231. The van der Waals surface area contributed by atoms with Gasteiger partial charge in [-0.2, -0.15) is 0 Å². The molecule has 1 heterocycles. The standard InChI is InChI=1S/C13H14BrN3O2/c14-11-12(15-8-16-13(11)19)17-10(7-18)6-9-4-2-1-3-5-9/h1-5,8,10,18H,6-7H2,(H2,15,16,17,19). The van der Waals surface area contributed by atoms with E-state index in [4.69, 9.17) is 0 Å². The van der Waals surface area contributed by atoms with E-state index >= 15 is 0 Å². The van der Waals surface area contributed by atoms with Crippen molar-refractivity contribution >= 4 is 21.7 Å². The van der Waals surface area contributed by atoms with E-state index in [1.54, 1.807) is 0 Å². The summed E-state index contributed by atoms with van der Waals surface area (Å²) in [6, 6.07) is 9.62. The van der Waals surface area contributed by atoms with Gasteiger partial charge in [-0.3, -0.25) is 4.79 Å². The highest BCUT2D eigenvalue weighted by Gasteiger charge is 2.12. The van der Waals surface area contributed by atoms with Crippen molar-refractivity contribution in [1.82, 2.24) is 9.97 Å². The van der Waals surface area contributed by atoms with Crippen molar-refractivity contribution < 1.29 is 5.11 Å². The van der Waals surface area contributed by atoms with Crippen molar-refractivity contribution in [2.75, 3.05) is 11.9 Å². The zero-order valence-electron chi connectivity index (χ0n) is 10.1. The number of hydrogen-bond donors (Lipinski definition) is 3. The molecule has 0 saturated heterocycles. The van der Waals surface area contributed by atoms with Crippen LogP contribution in [0.2, 0.25) is 0 Å². The lowest BCUT2D eigenvalue weighted by Gasteiger charge is -2.17. The summed E-state index contributed by atoms with van der Waals surface area (Å²) in [7, 11) is 0. The number of aromatic nitrogens is 2. The molecule has 6 heteroatoms. The fourth-order valence-electron chi connectivity index (χ4n) is 1.74. The van der Waals surface area contributed by atoms with Crippen LogP contribution in [0.15, 0.2) is 45.9 Å². The third-order valence-corrected chi connectivity index (χ3v) is 3.42. The topological polar surface area (TPSA) is 78.0 Å². The largest absolute Gasteiger partial charge is 0.394 e. The SMILES string of the molecule is O=c1[nH]cnc(NC(CO)Cc2ccccc2)c1Br. The minimum absolute atomic E-state index is 0.0458. The number of anilines is 1.